The third-order valence-electron chi connectivity index (χ3n) is 6.22. The summed E-state index contributed by atoms with van der Waals surface area (Å²) in [4.78, 5) is 11.9. The minimum Gasteiger partial charge on any atom is -0.480 e. The fourth-order valence-electron chi connectivity index (χ4n) is 4.17. The van der Waals surface area contributed by atoms with Gasteiger partial charge in [0.15, 0.2) is 0 Å². The highest BCUT2D eigenvalue weighted by Crippen LogP contribution is 2.36. The van der Waals surface area contributed by atoms with Gasteiger partial charge in [0.25, 0.3) is 10.2 Å². The first-order valence-corrected chi connectivity index (χ1v) is 11.4. The molecule has 0 bridgehead atoms. The first kappa shape index (κ1) is 22.9. The van der Waals surface area contributed by atoms with Crippen molar-refractivity contribution in [3.8, 4) is 0 Å². The van der Waals surface area contributed by atoms with E-state index in [9.17, 15) is 18.3 Å². The molecule has 3 aliphatic rings. The van der Waals surface area contributed by atoms with Crippen LogP contribution in [-0.4, -0.2) is 95.7 Å². The Morgan fingerprint density at radius 1 is 1.31 bits per heavy atom. The zero-order valence-electron chi connectivity index (χ0n) is 16.4. The first-order chi connectivity index (χ1) is 13.6. The van der Waals surface area contributed by atoms with E-state index in [1.165, 1.54) is 4.31 Å². The van der Waals surface area contributed by atoms with Crippen molar-refractivity contribution in [2.24, 2.45) is 23.3 Å². The summed E-state index contributed by atoms with van der Waals surface area (Å²) in [6, 6.07) is -0.920. The molecule has 0 amide bonds. The molecule has 0 radical (unpaired) electrons. The average molecular weight is 434 g/mol. The van der Waals surface area contributed by atoms with E-state index in [1.54, 1.807) is 0 Å². The lowest BCUT2D eigenvalue weighted by molar-refractivity contribution is -0.144. The van der Waals surface area contributed by atoms with Crippen LogP contribution in [0.1, 0.15) is 25.7 Å². The average Bonchev–Trinajstić information content (AvgIpc) is 3.25. The summed E-state index contributed by atoms with van der Waals surface area (Å²) < 4.78 is 34.9. The standard InChI is InChI=1S/C16H31BN4O7S/c18-13-8-28-9-14(13)21(6-11-3-4-11)29(26,27)20-7-12(2-1-5-17(24)25)16(19,10-20)15(22)23/h11-14,24-25H,1-10,18-19H2,(H,22,23)/t12-,13?,14?,16-/m0/s1. The summed E-state index contributed by atoms with van der Waals surface area (Å²) in [5.41, 5.74) is 10.5. The number of hydrogen-bond acceptors (Lipinski definition) is 8. The Morgan fingerprint density at radius 2 is 2.00 bits per heavy atom. The van der Waals surface area contributed by atoms with E-state index in [2.05, 4.69) is 0 Å². The molecular weight excluding hydrogens is 403 g/mol. The molecule has 2 heterocycles. The largest absolute Gasteiger partial charge is 0.480 e. The van der Waals surface area contributed by atoms with Crippen LogP contribution in [-0.2, 0) is 19.7 Å². The summed E-state index contributed by atoms with van der Waals surface area (Å²) >= 11 is 0. The molecule has 4 atom stereocenters. The number of carbonyl (C=O) groups is 1. The predicted octanol–water partition coefficient (Wildman–Crippen LogP) is -2.36. The van der Waals surface area contributed by atoms with Crippen molar-refractivity contribution in [2.75, 3.05) is 32.8 Å². The summed E-state index contributed by atoms with van der Waals surface area (Å²) in [5, 5.41) is 27.7. The molecule has 0 aromatic heterocycles. The molecule has 2 unspecified atom stereocenters. The lowest BCUT2D eigenvalue weighted by Crippen LogP contribution is -2.57. The number of rotatable bonds is 10. The van der Waals surface area contributed by atoms with E-state index >= 15 is 0 Å². The van der Waals surface area contributed by atoms with E-state index in [-0.39, 0.29) is 45.0 Å². The van der Waals surface area contributed by atoms with Gasteiger partial charge in [0.2, 0.25) is 0 Å². The Balaban J connectivity index is 1.79. The predicted molar refractivity (Wildman–Crippen MR) is 105 cm³/mol. The quantitative estimate of drug-likeness (QED) is 0.235. The van der Waals surface area contributed by atoms with Gasteiger partial charge in [-0.25, -0.2) is 0 Å². The number of carboxylic acids is 1. The maximum atomic E-state index is 13.5. The van der Waals surface area contributed by atoms with E-state index in [0.717, 1.165) is 17.1 Å². The number of ether oxygens (including phenoxy) is 1. The third kappa shape index (κ3) is 4.93. The molecular formula is C16H31BN4O7S. The van der Waals surface area contributed by atoms with Crippen molar-refractivity contribution in [2.45, 2.75) is 49.6 Å². The normalized spacial score (nSPS) is 33.5. The van der Waals surface area contributed by atoms with Crippen molar-refractivity contribution in [3.05, 3.63) is 0 Å². The Hall–Kier alpha value is -0.795. The topological polar surface area (TPSA) is 180 Å². The number of aliphatic carboxylic acids is 1. The molecule has 11 nitrogen and oxygen atoms in total. The summed E-state index contributed by atoms with van der Waals surface area (Å²) in [6.45, 7) is 0.471. The zero-order valence-corrected chi connectivity index (χ0v) is 17.2. The maximum absolute atomic E-state index is 13.5. The SMILES string of the molecule is NC1COCC1N(CC1CC1)S(=O)(=O)N1C[C@H](CCCB(O)O)[C@](N)(C(=O)O)C1. The van der Waals surface area contributed by atoms with Gasteiger partial charge in [-0.3, -0.25) is 4.79 Å². The molecule has 13 heteroatoms. The van der Waals surface area contributed by atoms with E-state index in [0.29, 0.717) is 13.0 Å². The van der Waals surface area contributed by atoms with Crippen LogP contribution in [0.25, 0.3) is 0 Å². The van der Waals surface area contributed by atoms with Crippen LogP contribution >= 0.6 is 0 Å². The number of hydrogen-bond donors (Lipinski definition) is 5. The Morgan fingerprint density at radius 3 is 2.52 bits per heavy atom. The molecule has 3 fully saturated rings. The van der Waals surface area contributed by atoms with Crippen molar-refractivity contribution in [1.29, 1.82) is 0 Å². The number of nitrogens with two attached hydrogens (primary N) is 2. The first-order valence-electron chi connectivity index (χ1n) is 10.0. The van der Waals surface area contributed by atoms with Gasteiger partial charge in [0.05, 0.1) is 19.3 Å². The zero-order chi connectivity index (χ0) is 21.4. The van der Waals surface area contributed by atoms with Crippen LogP contribution < -0.4 is 11.5 Å². The van der Waals surface area contributed by atoms with Crippen molar-refractivity contribution >= 4 is 23.3 Å². The fraction of sp³-hybridized carbons (Fsp3) is 0.938. The molecule has 166 valence electrons. The second-order valence-corrected chi connectivity index (χ2v) is 10.4. The molecule has 3 rings (SSSR count). The fourth-order valence-corrected chi connectivity index (χ4v) is 6.17. The maximum Gasteiger partial charge on any atom is 0.451 e. The lowest BCUT2D eigenvalue weighted by atomic mass is 9.78. The van der Waals surface area contributed by atoms with Crippen molar-refractivity contribution in [3.63, 3.8) is 0 Å². The van der Waals surface area contributed by atoms with Crippen LogP contribution in [0.3, 0.4) is 0 Å². The van der Waals surface area contributed by atoms with Crippen LogP contribution in [0.2, 0.25) is 6.32 Å². The van der Waals surface area contributed by atoms with Gasteiger partial charge >= 0.3 is 13.1 Å². The van der Waals surface area contributed by atoms with Crippen LogP contribution in [0, 0.1) is 11.8 Å². The summed E-state index contributed by atoms with van der Waals surface area (Å²) in [7, 11) is -5.48. The van der Waals surface area contributed by atoms with E-state index in [4.69, 9.17) is 26.3 Å². The van der Waals surface area contributed by atoms with Crippen molar-refractivity contribution in [1.82, 2.24) is 8.61 Å². The second kappa shape index (κ2) is 8.75. The monoisotopic (exact) mass is 434 g/mol. The van der Waals surface area contributed by atoms with Gasteiger partial charge in [-0.15, -0.1) is 0 Å². The number of carboxylic acid groups (broad SMARTS) is 1. The third-order valence-corrected chi connectivity index (χ3v) is 8.17. The molecule has 7 N–H and O–H groups in total. The van der Waals surface area contributed by atoms with Gasteiger partial charge in [-0.05, 0) is 31.5 Å². The highest BCUT2D eigenvalue weighted by atomic mass is 32.2. The summed E-state index contributed by atoms with van der Waals surface area (Å²) in [5.74, 6) is -1.62. The Bertz CT molecular complexity index is 707. The van der Waals surface area contributed by atoms with Crippen molar-refractivity contribution < 1.29 is 33.1 Å². The van der Waals surface area contributed by atoms with Gasteiger partial charge in [0, 0.05) is 31.6 Å². The highest BCUT2D eigenvalue weighted by Gasteiger charge is 2.54. The summed E-state index contributed by atoms with van der Waals surface area (Å²) in [6.07, 6.45) is 2.59. The molecule has 0 aromatic carbocycles. The smallest absolute Gasteiger partial charge is 0.451 e. The molecule has 0 spiro atoms. The molecule has 29 heavy (non-hydrogen) atoms. The molecule has 2 saturated heterocycles. The van der Waals surface area contributed by atoms with Crippen LogP contribution in [0.5, 0.6) is 0 Å². The molecule has 1 aliphatic carbocycles. The Kier molecular flexibility index (Phi) is 6.90. The van der Waals surface area contributed by atoms with Gasteiger partial charge in [-0.2, -0.15) is 17.0 Å². The highest BCUT2D eigenvalue weighted by molar-refractivity contribution is 7.86. The number of nitrogens with zero attached hydrogens (tertiary/aromatic N) is 2. The van der Waals surface area contributed by atoms with Gasteiger partial charge in [-0.1, -0.05) is 6.42 Å². The van der Waals surface area contributed by atoms with Gasteiger partial charge in [0.1, 0.15) is 5.54 Å². The Labute approximate surface area is 171 Å². The molecule has 0 aromatic rings. The molecule has 2 aliphatic heterocycles. The van der Waals surface area contributed by atoms with E-state index in [1.807, 2.05) is 0 Å². The molecule has 1 saturated carbocycles. The van der Waals surface area contributed by atoms with Crippen LogP contribution in [0.15, 0.2) is 0 Å². The van der Waals surface area contributed by atoms with E-state index < -0.39 is 46.8 Å². The van der Waals surface area contributed by atoms with Crippen LogP contribution in [0.4, 0.5) is 0 Å². The minimum atomic E-state index is -3.99. The second-order valence-electron chi connectivity index (χ2n) is 8.54. The van der Waals surface area contributed by atoms with Gasteiger partial charge < -0.3 is 31.4 Å². The minimum absolute atomic E-state index is 0.0311. The lowest BCUT2D eigenvalue weighted by Gasteiger charge is -2.33.